The van der Waals surface area contributed by atoms with Gasteiger partial charge in [0.2, 0.25) is 17.7 Å². The number of hydrogen-bond acceptors (Lipinski definition) is 4. The van der Waals surface area contributed by atoms with Crippen LogP contribution in [0, 0.1) is 12.8 Å². The van der Waals surface area contributed by atoms with Crippen LogP contribution in [0.25, 0.3) is 11.5 Å². The molecule has 124 valence electrons. The zero-order chi connectivity index (χ0) is 16.7. The summed E-state index contributed by atoms with van der Waals surface area (Å²) in [5, 5.41) is 10.9. The molecule has 2 aromatic rings. The number of unbranched alkanes of at least 4 members (excludes halogenated alkanes) is 1. The topological polar surface area (TPSA) is 68.0 Å². The second-order valence-electron chi connectivity index (χ2n) is 5.84. The minimum atomic E-state index is 0.0386. The number of amides is 1. The Bertz CT molecular complexity index is 637. The predicted octanol–water partition coefficient (Wildman–Crippen LogP) is 4.59. The van der Waals surface area contributed by atoms with Crippen LogP contribution in [-0.2, 0) is 4.79 Å². The highest BCUT2D eigenvalue weighted by molar-refractivity contribution is 5.94. The van der Waals surface area contributed by atoms with Gasteiger partial charge in [0.15, 0.2) is 0 Å². The highest BCUT2D eigenvalue weighted by atomic mass is 16.4. The molecule has 0 saturated carbocycles. The lowest BCUT2D eigenvalue weighted by atomic mass is 9.95. The van der Waals surface area contributed by atoms with Crippen LogP contribution in [0.15, 0.2) is 28.7 Å². The van der Waals surface area contributed by atoms with Crippen molar-refractivity contribution >= 4 is 11.6 Å². The summed E-state index contributed by atoms with van der Waals surface area (Å²) in [5.41, 5.74) is 1.47. The number of rotatable bonds is 8. The van der Waals surface area contributed by atoms with E-state index in [4.69, 9.17) is 4.42 Å². The summed E-state index contributed by atoms with van der Waals surface area (Å²) in [5.74, 6) is 1.41. The number of nitrogens with zero attached hydrogens (tertiary/aromatic N) is 2. The molecule has 1 N–H and O–H groups in total. The first-order valence-electron chi connectivity index (χ1n) is 8.33. The molecular formula is C18H25N3O2. The summed E-state index contributed by atoms with van der Waals surface area (Å²) in [6, 6.07) is 7.51. The van der Waals surface area contributed by atoms with Gasteiger partial charge in [0.05, 0.1) is 11.3 Å². The van der Waals surface area contributed by atoms with Gasteiger partial charge in [0.1, 0.15) is 0 Å². The van der Waals surface area contributed by atoms with Crippen molar-refractivity contribution in [3.8, 4) is 11.5 Å². The Morgan fingerprint density at radius 2 is 2.04 bits per heavy atom. The third kappa shape index (κ3) is 4.91. The predicted molar refractivity (Wildman–Crippen MR) is 91.0 cm³/mol. The normalized spacial score (nSPS) is 12.1. The summed E-state index contributed by atoms with van der Waals surface area (Å²) in [6.07, 6.45) is 5.01. The number of benzene rings is 1. The van der Waals surface area contributed by atoms with E-state index in [1.54, 1.807) is 6.92 Å². The van der Waals surface area contributed by atoms with Gasteiger partial charge in [-0.1, -0.05) is 45.2 Å². The van der Waals surface area contributed by atoms with Crippen molar-refractivity contribution in [2.24, 2.45) is 5.92 Å². The lowest BCUT2D eigenvalue weighted by Gasteiger charge is -2.15. The highest BCUT2D eigenvalue weighted by Crippen LogP contribution is 2.27. The van der Waals surface area contributed by atoms with Crippen molar-refractivity contribution in [2.75, 3.05) is 5.32 Å². The number of anilines is 1. The SMILES string of the molecule is CCCC[C@@H](CC)CC(=O)Nc1ccccc1-c1nnc(C)o1. The van der Waals surface area contributed by atoms with E-state index in [1.165, 1.54) is 6.42 Å². The van der Waals surface area contributed by atoms with Gasteiger partial charge in [0, 0.05) is 13.3 Å². The molecule has 1 heterocycles. The maximum atomic E-state index is 12.4. The third-order valence-corrected chi connectivity index (χ3v) is 3.97. The molecule has 0 aliphatic rings. The van der Waals surface area contributed by atoms with Crippen LogP contribution in [0.5, 0.6) is 0 Å². The van der Waals surface area contributed by atoms with Crippen LogP contribution in [-0.4, -0.2) is 16.1 Å². The van der Waals surface area contributed by atoms with Gasteiger partial charge in [-0.15, -0.1) is 10.2 Å². The van der Waals surface area contributed by atoms with Crippen molar-refractivity contribution in [3.63, 3.8) is 0 Å². The molecule has 0 radical (unpaired) electrons. The van der Waals surface area contributed by atoms with E-state index in [-0.39, 0.29) is 5.91 Å². The van der Waals surface area contributed by atoms with E-state index in [1.807, 2.05) is 24.3 Å². The number of aryl methyl sites for hydroxylation is 1. The van der Waals surface area contributed by atoms with Crippen molar-refractivity contribution in [1.82, 2.24) is 10.2 Å². The second-order valence-corrected chi connectivity index (χ2v) is 5.84. The summed E-state index contributed by atoms with van der Waals surface area (Å²) >= 11 is 0. The highest BCUT2D eigenvalue weighted by Gasteiger charge is 2.15. The summed E-state index contributed by atoms with van der Waals surface area (Å²) in [7, 11) is 0. The number of carbonyl (C=O) groups is 1. The van der Waals surface area contributed by atoms with Gasteiger partial charge in [0.25, 0.3) is 0 Å². The Labute approximate surface area is 137 Å². The fourth-order valence-corrected chi connectivity index (χ4v) is 2.59. The number of aromatic nitrogens is 2. The minimum Gasteiger partial charge on any atom is -0.421 e. The fourth-order valence-electron chi connectivity index (χ4n) is 2.59. The quantitative estimate of drug-likeness (QED) is 0.773. The summed E-state index contributed by atoms with van der Waals surface area (Å²) in [6.45, 7) is 6.06. The average molecular weight is 315 g/mol. The monoisotopic (exact) mass is 315 g/mol. The lowest BCUT2D eigenvalue weighted by Crippen LogP contribution is -2.16. The van der Waals surface area contributed by atoms with Crippen LogP contribution in [0.1, 0.15) is 51.8 Å². The molecule has 2 rings (SSSR count). The maximum absolute atomic E-state index is 12.4. The Hall–Kier alpha value is -2.17. The summed E-state index contributed by atoms with van der Waals surface area (Å²) in [4.78, 5) is 12.4. The van der Waals surface area contributed by atoms with Crippen molar-refractivity contribution < 1.29 is 9.21 Å². The second kappa shape index (κ2) is 8.46. The average Bonchev–Trinajstić information content (AvgIpc) is 2.98. The summed E-state index contributed by atoms with van der Waals surface area (Å²) < 4.78 is 5.47. The van der Waals surface area contributed by atoms with Gasteiger partial charge in [-0.25, -0.2) is 0 Å². The van der Waals surface area contributed by atoms with Crippen molar-refractivity contribution in [1.29, 1.82) is 0 Å². The molecule has 0 spiro atoms. The van der Waals surface area contributed by atoms with E-state index in [9.17, 15) is 4.79 Å². The van der Waals surface area contributed by atoms with Crippen molar-refractivity contribution in [2.45, 2.75) is 52.9 Å². The van der Waals surface area contributed by atoms with Crippen LogP contribution >= 0.6 is 0 Å². The molecule has 0 aliphatic heterocycles. The molecule has 0 fully saturated rings. The molecule has 1 amide bonds. The fraction of sp³-hybridized carbons (Fsp3) is 0.500. The minimum absolute atomic E-state index is 0.0386. The number of hydrogen-bond donors (Lipinski definition) is 1. The van der Waals surface area contributed by atoms with Gasteiger partial charge >= 0.3 is 0 Å². The van der Waals surface area contributed by atoms with E-state index in [2.05, 4.69) is 29.4 Å². The van der Waals surface area contributed by atoms with E-state index >= 15 is 0 Å². The molecule has 23 heavy (non-hydrogen) atoms. The first-order valence-corrected chi connectivity index (χ1v) is 8.33. The van der Waals surface area contributed by atoms with Gasteiger partial charge in [-0.05, 0) is 24.5 Å². The third-order valence-electron chi connectivity index (χ3n) is 3.97. The van der Waals surface area contributed by atoms with Gasteiger partial charge in [-0.3, -0.25) is 4.79 Å². The molecule has 1 atom stereocenters. The number of para-hydroxylation sites is 1. The molecule has 5 nitrogen and oxygen atoms in total. The van der Waals surface area contributed by atoms with E-state index in [0.29, 0.717) is 29.8 Å². The van der Waals surface area contributed by atoms with Gasteiger partial charge < -0.3 is 9.73 Å². The zero-order valence-electron chi connectivity index (χ0n) is 14.1. The van der Waals surface area contributed by atoms with E-state index in [0.717, 1.165) is 24.8 Å². The zero-order valence-corrected chi connectivity index (χ0v) is 14.1. The molecular weight excluding hydrogens is 290 g/mol. The Balaban J connectivity index is 2.06. The first-order chi connectivity index (χ1) is 11.1. The molecule has 0 bridgehead atoms. The Kier molecular flexibility index (Phi) is 6.32. The molecule has 1 aromatic carbocycles. The molecule has 0 saturated heterocycles. The number of nitrogens with one attached hydrogen (secondary N) is 1. The van der Waals surface area contributed by atoms with E-state index < -0.39 is 0 Å². The van der Waals surface area contributed by atoms with Crippen LogP contribution in [0.4, 0.5) is 5.69 Å². The first kappa shape index (κ1) is 17.2. The maximum Gasteiger partial charge on any atom is 0.249 e. The van der Waals surface area contributed by atoms with Crippen LogP contribution < -0.4 is 5.32 Å². The standard InChI is InChI=1S/C18H25N3O2/c1-4-6-9-14(5-2)12-17(22)19-16-11-8-7-10-15(16)18-21-20-13(3)23-18/h7-8,10-11,14H,4-6,9,12H2,1-3H3,(H,19,22)/t14-/m1/s1. The Morgan fingerprint density at radius 1 is 1.26 bits per heavy atom. The smallest absolute Gasteiger partial charge is 0.249 e. The molecule has 5 heteroatoms. The lowest BCUT2D eigenvalue weighted by molar-refractivity contribution is -0.117. The molecule has 1 aromatic heterocycles. The van der Waals surface area contributed by atoms with Crippen LogP contribution in [0.2, 0.25) is 0 Å². The number of carbonyl (C=O) groups excluding carboxylic acids is 1. The largest absolute Gasteiger partial charge is 0.421 e. The molecule has 0 aliphatic carbocycles. The van der Waals surface area contributed by atoms with Crippen molar-refractivity contribution in [3.05, 3.63) is 30.2 Å². The van der Waals surface area contributed by atoms with Gasteiger partial charge in [-0.2, -0.15) is 0 Å². The van der Waals surface area contributed by atoms with Crippen LogP contribution in [0.3, 0.4) is 0 Å². The molecule has 0 unspecified atom stereocenters. The Morgan fingerprint density at radius 3 is 2.70 bits per heavy atom.